The minimum absolute atomic E-state index is 0.500. The summed E-state index contributed by atoms with van der Waals surface area (Å²) in [5.74, 6) is 0. The molecule has 1 aromatic carbocycles. The second kappa shape index (κ2) is 4.42. The maximum absolute atomic E-state index is 6.18. The number of imidazole rings is 1. The first-order valence-electron chi connectivity index (χ1n) is 5.77. The molecule has 0 atom stereocenters. The van der Waals surface area contributed by atoms with Crippen LogP contribution in [0.2, 0.25) is 5.28 Å². The highest BCUT2D eigenvalue weighted by Gasteiger charge is 2.09. The number of nitrogens with zero attached hydrogens (tertiary/aromatic N) is 3. The van der Waals surface area contributed by atoms with Gasteiger partial charge in [-0.2, -0.15) is 0 Å². The van der Waals surface area contributed by atoms with Crippen LogP contribution in [-0.4, -0.2) is 14.5 Å². The van der Waals surface area contributed by atoms with Gasteiger partial charge in [0.05, 0.1) is 23.3 Å². The van der Waals surface area contributed by atoms with Crippen LogP contribution in [0.3, 0.4) is 0 Å². The molecule has 0 amide bonds. The van der Waals surface area contributed by atoms with E-state index in [1.165, 1.54) is 0 Å². The van der Waals surface area contributed by atoms with Crippen molar-refractivity contribution in [1.29, 1.82) is 0 Å². The average molecular weight is 258 g/mol. The SMILES string of the molecule is Cc1cccc(Cn2c(Cl)nc3ccccc32)n1. The molecule has 3 aromatic rings. The van der Waals surface area contributed by atoms with Gasteiger partial charge in [0, 0.05) is 5.69 Å². The minimum Gasteiger partial charge on any atom is -0.309 e. The Bertz CT molecular complexity index is 703. The Morgan fingerprint density at radius 3 is 2.72 bits per heavy atom. The van der Waals surface area contributed by atoms with Crippen molar-refractivity contribution in [2.45, 2.75) is 13.5 Å². The molecule has 3 rings (SSSR count). The second-order valence-corrected chi connectivity index (χ2v) is 4.56. The van der Waals surface area contributed by atoms with Crippen LogP contribution in [0.4, 0.5) is 0 Å². The van der Waals surface area contributed by atoms with Crippen LogP contribution in [0.5, 0.6) is 0 Å². The highest BCUT2D eigenvalue weighted by molar-refractivity contribution is 6.29. The van der Waals surface area contributed by atoms with Crippen LogP contribution in [0, 0.1) is 6.92 Å². The minimum atomic E-state index is 0.500. The molecule has 0 spiro atoms. The lowest BCUT2D eigenvalue weighted by molar-refractivity contribution is 0.794. The lowest BCUT2D eigenvalue weighted by Gasteiger charge is -2.05. The normalized spacial score (nSPS) is 11.0. The van der Waals surface area contributed by atoms with E-state index in [9.17, 15) is 0 Å². The Hall–Kier alpha value is -1.87. The van der Waals surface area contributed by atoms with Crippen LogP contribution in [0.15, 0.2) is 42.5 Å². The lowest BCUT2D eigenvalue weighted by atomic mass is 10.3. The van der Waals surface area contributed by atoms with Crippen molar-refractivity contribution in [3.63, 3.8) is 0 Å². The Kier molecular flexibility index (Phi) is 2.76. The fourth-order valence-corrected chi connectivity index (χ4v) is 2.29. The van der Waals surface area contributed by atoms with E-state index in [2.05, 4.69) is 9.97 Å². The van der Waals surface area contributed by atoms with E-state index in [1.807, 2.05) is 54.0 Å². The Balaban J connectivity index is 2.07. The van der Waals surface area contributed by atoms with E-state index in [4.69, 9.17) is 11.6 Å². The van der Waals surface area contributed by atoms with Gasteiger partial charge in [-0.1, -0.05) is 18.2 Å². The van der Waals surface area contributed by atoms with E-state index in [-0.39, 0.29) is 0 Å². The third-order valence-electron chi connectivity index (χ3n) is 2.87. The van der Waals surface area contributed by atoms with E-state index in [1.54, 1.807) is 0 Å². The van der Waals surface area contributed by atoms with Crippen molar-refractivity contribution in [3.8, 4) is 0 Å². The van der Waals surface area contributed by atoms with E-state index >= 15 is 0 Å². The maximum atomic E-state index is 6.18. The second-order valence-electron chi connectivity index (χ2n) is 4.23. The largest absolute Gasteiger partial charge is 0.309 e. The molecule has 0 saturated carbocycles. The number of rotatable bonds is 2. The molecule has 2 aromatic heterocycles. The molecule has 0 unspecified atom stereocenters. The van der Waals surface area contributed by atoms with Crippen LogP contribution in [0.1, 0.15) is 11.4 Å². The van der Waals surface area contributed by atoms with Gasteiger partial charge in [-0.15, -0.1) is 0 Å². The van der Waals surface area contributed by atoms with Gasteiger partial charge in [0.25, 0.3) is 0 Å². The fraction of sp³-hybridized carbons (Fsp3) is 0.143. The lowest BCUT2D eigenvalue weighted by Crippen LogP contribution is -2.02. The number of aromatic nitrogens is 3. The van der Waals surface area contributed by atoms with Crippen LogP contribution >= 0.6 is 11.6 Å². The summed E-state index contributed by atoms with van der Waals surface area (Å²) >= 11 is 6.18. The molecule has 0 fully saturated rings. The molecular formula is C14H12ClN3. The van der Waals surface area contributed by atoms with Gasteiger partial charge in [-0.25, -0.2) is 4.98 Å². The van der Waals surface area contributed by atoms with Gasteiger partial charge in [-0.05, 0) is 42.8 Å². The molecule has 0 N–H and O–H groups in total. The predicted molar refractivity (Wildman–Crippen MR) is 72.8 cm³/mol. The summed E-state index contributed by atoms with van der Waals surface area (Å²) in [6.45, 7) is 2.62. The number of hydrogen-bond acceptors (Lipinski definition) is 2. The molecule has 18 heavy (non-hydrogen) atoms. The molecule has 0 bridgehead atoms. The fourth-order valence-electron chi connectivity index (χ4n) is 2.05. The van der Waals surface area contributed by atoms with E-state index < -0.39 is 0 Å². The third kappa shape index (κ3) is 1.97. The topological polar surface area (TPSA) is 30.7 Å². The molecule has 0 saturated heterocycles. The third-order valence-corrected chi connectivity index (χ3v) is 3.16. The highest BCUT2D eigenvalue weighted by Crippen LogP contribution is 2.20. The number of halogens is 1. The Morgan fingerprint density at radius 2 is 1.89 bits per heavy atom. The zero-order valence-electron chi connectivity index (χ0n) is 9.97. The molecule has 3 nitrogen and oxygen atoms in total. The van der Waals surface area contributed by atoms with Gasteiger partial charge in [0.15, 0.2) is 0 Å². The average Bonchev–Trinajstić information content (AvgIpc) is 2.66. The van der Waals surface area contributed by atoms with E-state index in [0.717, 1.165) is 22.4 Å². The number of pyridine rings is 1. The molecular weight excluding hydrogens is 246 g/mol. The first kappa shape index (κ1) is 11.2. The molecule has 0 aliphatic rings. The number of para-hydroxylation sites is 2. The zero-order chi connectivity index (χ0) is 12.5. The molecule has 90 valence electrons. The van der Waals surface area contributed by atoms with Crippen molar-refractivity contribution in [3.05, 3.63) is 59.1 Å². The maximum Gasteiger partial charge on any atom is 0.204 e. The smallest absolute Gasteiger partial charge is 0.204 e. The molecule has 0 aliphatic carbocycles. The van der Waals surface area contributed by atoms with Crippen molar-refractivity contribution >= 4 is 22.6 Å². The number of hydrogen-bond donors (Lipinski definition) is 0. The molecule has 0 radical (unpaired) electrons. The monoisotopic (exact) mass is 257 g/mol. The van der Waals surface area contributed by atoms with Crippen LogP contribution in [-0.2, 0) is 6.54 Å². The van der Waals surface area contributed by atoms with Gasteiger partial charge in [0.2, 0.25) is 5.28 Å². The van der Waals surface area contributed by atoms with Gasteiger partial charge < -0.3 is 4.57 Å². The Morgan fingerprint density at radius 1 is 1.06 bits per heavy atom. The molecule has 4 heteroatoms. The first-order chi connectivity index (χ1) is 8.74. The quantitative estimate of drug-likeness (QED) is 0.704. The number of fused-ring (bicyclic) bond motifs is 1. The van der Waals surface area contributed by atoms with Crippen molar-refractivity contribution in [2.75, 3.05) is 0 Å². The Labute approximate surface area is 110 Å². The summed E-state index contributed by atoms with van der Waals surface area (Å²) < 4.78 is 1.97. The van der Waals surface area contributed by atoms with Crippen LogP contribution in [0.25, 0.3) is 11.0 Å². The van der Waals surface area contributed by atoms with Gasteiger partial charge >= 0.3 is 0 Å². The van der Waals surface area contributed by atoms with Gasteiger partial charge in [-0.3, -0.25) is 4.98 Å². The van der Waals surface area contributed by atoms with Crippen molar-refractivity contribution < 1.29 is 0 Å². The summed E-state index contributed by atoms with van der Waals surface area (Å²) in [4.78, 5) is 8.82. The summed E-state index contributed by atoms with van der Waals surface area (Å²) in [6, 6.07) is 13.9. The standard InChI is InChI=1S/C14H12ClN3/c1-10-5-4-6-11(16-10)9-18-13-8-3-2-7-12(13)17-14(18)15/h2-8H,9H2,1H3. The molecule has 2 heterocycles. The first-order valence-corrected chi connectivity index (χ1v) is 6.15. The van der Waals surface area contributed by atoms with Crippen molar-refractivity contribution in [1.82, 2.24) is 14.5 Å². The van der Waals surface area contributed by atoms with Gasteiger partial charge in [0.1, 0.15) is 0 Å². The number of aryl methyl sites for hydroxylation is 1. The summed E-state index contributed by atoms with van der Waals surface area (Å²) in [5, 5.41) is 0.500. The van der Waals surface area contributed by atoms with Crippen molar-refractivity contribution in [2.24, 2.45) is 0 Å². The predicted octanol–water partition coefficient (Wildman–Crippen LogP) is 3.44. The number of benzene rings is 1. The summed E-state index contributed by atoms with van der Waals surface area (Å²) in [7, 11) is 0. The summed E-state index contributed by atoms with van der Waals surface area (Å²) in [5.41, 5.74) is 3.94. The highest BCUT2D eigenvalue weighted by atomic mass is 35.5. The van der Waals surface area contributed by atoms with Crippen LogP contribution < -0.4 is 0 Å². The molecule has 0 aliphatic heterocycles. The van der Waals surface area contributed by atoms with E-state index in [0.29, 0.717) is 11.8 Å². The summed E-state index contributed by atoms with van der Waals surface area (Å²) in [6.07, 6.45) is 0. The zero-order valence-corrected chi connectivity index (χ0v) is 10.7.